The van der Waals surface area contributed by atoms with E-state index in [-0.39, 0.29) is 0 Å². The highest BCUT2D eigenvalue weighted by atomic mass is 127. The summed E-state index contributed by atoms with van der Waals surface area (Å²) >= 11 is 7.59. The maximum atomic E-state index is 5.44. The molecule has 1 aromatic rings. The van der Waals surface area contributed by atoms with Gasteiger partial charge in [0.2, 0.25) is 0 Å². The highest BCUT2D eigenvalue weighted by molar-refractivity contribution is 14.1. The molecule has 2 nitrogen and oxygen atoms in total. The summed E-state index contributed by atoms with van der Waals surface area (Å²) in [5.74, 6) is 0.649. The molecule has 1 aromatic heterocycles. The molecule has 0 aliphatic heterocycles. The minimum Gasteiger partial charge on any atom is -0.336 e. The summed E-state index contributed by atoms with van der Waals surface area (Å²) in [6.07, 6.45) is 5.39. The number of alkyl halides is 2. The van der Waals surface area contributed by atoms with E-state index >= 15 is 0 Å². The summed E-state index contributed by atoms with van der Waals surface area (Å²) in [6, 6.07) is 0. The molecule has 4 heteroatoms. The van der Waals surface area contributed by atoms with Crippen molar-refractivity contribution in [3.8, 4) is 0 Å². The highest BCUT2D eigenvalue weighted by Crippen LogP contribution is 1.85. The molecular weight excluding hydrogens is 262 g/mol. The Morgan fingerprint density at radius 1 is 1.60 bits per heavy atom. The molecule has 0 unspecified atom stereocenters. The van der Waals surface area contributed by atoms with Gasteiger partial charge in [0.05, 0.1) is 6.33 Å². The molecule has 0 aliphatic rings. The molecule has 10 heavy (non-hydrogen) atoms. The summed E-state index contributed by atoms with van der Waals surface area (Å²) in [5, 5.41) is 0. The van der Waals surface area contributed by atoms with Gasteiger partial charge >= 0.3 is 0 Å². The Morgan fingerprint density at radius 3 is 2.70 bits per heavy atom. The third kappa shape index (κ3) is 4.11. The van der Waals surface area contributed by atoms with Crippen LogP contribution in [-0.4, -0.2) is 20.4 Å². The smallest absolute Gasteiger partial charge is 0.0946 e. The second-order valence-corrected chi connectivity index (χ2v) is 1.87. The lowest BCUT2D eigenvalue weighted by Gasteiger charge is -1.92. The minimum absolute atomic E-state index is 0.649. The molecule has 0 atom stereocenters. The number of nitrogens with zero attached hydrogens (tertiary/aromatic N) is 2. The summed E-state index contributed by atoms with van der Waals surface area (Å²) in [4.78, 5) is 5.82. The molecule has 0 aliphatic carbocycles. The quantitative estimate of drug-likeness (QED) is 0.596. The molecular formula is C6H10ClIN2. The summed E-state index contributed by atoms with van der Waals surface area (Å²) in [5.41, 5.74) is 0. The first-order valence-corrected chi connectivity index (χ1v) is 5.52. The minimum atomic E-state index is 0.649. The van der Waals surface area contributed by atoms with Crippen LogP contribution in [0.2, 0.25) is 0 Å². The van der Waals surface area contributed by atoms with Crippen LogP contribution in [0.25, 0.3) is 0 Å². The van der Waals surface area contributed by atoms with Crippen molar-refractivity contribution in [1.29, 1.82) is 0 Å². The van der Waals surface area contributed by atoms with Gasteiger partial charge in [0.15, 0.2) is 0 Å². The fraction of sp³-hybridized carbons (Fsp3) is 0.500. The first kappa shape index (κ1) is 10.2. The van der Waals surface area contributed by atoms with Crippen molar-refractivity contribution in [2.24, 2.45) is 0 Å². The zero-order chi connectivity index (χ0) is 7.82. The Hall–Kier alpha value is 0.230. The van der Waals surface area contributed by atoms with E-state index in [1.54, 1.807) is 12.5 Å². The predicted octanol–water partition coefficient (Wildman–Crippen LogP) is 2.17. The molecule has 0 spiro atoms. The average Bonchev–Trinajstić information content (AvgIpc) is 2.46. The Morgan fingerprint density at radius 2 is 2.30 bits per heavy atom. The van der Waals surface area contributed by atoms with Gasteiger partial charge in [-0.3, -0.25) is 0 Å². The lowest BCUT2D eigenvalue weighted by atomic mass is 10.7. The van der Waals surface area contributed by atoms with Crippen molar-refractivity contribution in [1.82, 2.24) is 9.55 Å². The van der Waals surface area contributed by atoms with Crippen LogP contribution in [0.1, 0.15) is 0 Å². The number of aromatic nitrogens is 2. The average molecular weight is 273 g/mol. The van der Waals surface area contributed by atoms with Gasteiger partial charge in [0, 0.05) is 24.8 Å². The van der Waals surface area contributed by atoms with E-state index in [2.05, 4.69) is 27.6 Å². The van der Waals surface area contributed by atoms with Crippen LogP contribution in [-0.2, 0) is 6.54 Å². The predicted molar refractivity (Wildman–Crippen MR) is 52.9 cm³/mol. The van der Waals surface area contributed by atoms with Crippen LogP contribution in [0, 0.1) is 0 Å². The monoisotopic (exact) mass is 272 g/mol. The van der Waals surface area contributed by atoms with E-state index in [0.717, 1.165) is 6.54 Å². The number of rotatable bonds is 2. The molecule has 58 valence electrons. The van der Waals surface area contributed by atoms with Crippen molar-refractivity contribution < 1.29 is 0 Å². The van der Waals surface area contributed by atoms with Crippen molar-refractivity contribution in [3.05, 3.63) is 18.7 Å². The van der Waals surface area contributed by atoms with Gasteiger partial charge in [0.1, 0.15) is 0 Å². The number of aryl methyl sites for hydroxylation is 1. The van der Waals surface area contributed by atoms with E-state index < -0.39 is 0 Å². The second kappa shape index (κ2) is 7.34. The van der Waals surface area contributed by atoms with Crippen molar-refractivity contribution >= 4 is 34.2 Å². The summed E-state index contributed by atoms with van der Waals surface area (Å²) in [7, 11) is 0. The third-order valence-electron chi connectivity index (χ3n) is 0.902. The first-order valence-electron chi connectivity index (χ1n) is 2.83. The van der Waals surface area contributed by atoms with Gasteiger partial charge in [-0.05, 0) is 4.93 Å². The van der Waals surface area contributed by atoms with Crippen LogP contribution in [0.15, 0.2) is 18.7 Å². The topological polar surface area (TPSA) is 17.8 Å². The largest absolute Gasteiger partial charge is 0.336 e. The summed E-state index contributed by atoms with van der Waals surface area (Å²) < 4.78 is 1.94. The van der Waals surface area contributed by atoms with Gasteiger partial charge in [-0.15, -0.1) is 11.6 Å². The molecule has 1 heterocycles. The molecule has 0 aromatic carbocycles. The van der Waals surface area contributed by atoms with Crippen LogP contribution in [0.3, 0.4) is 0 Å². The van der Waals surface area contributed by atoms with E-state index in [1.807, 2.05) is 15.7 Å². The lowest BCUT2D eigenvalue weighted by Crippen LogP contribution is -1.93. The van der Waals surface area contributed by atoms with Crippen LogP contribution in [0.4, 0.5) is 0 Å². The molecule has 0 saturated carbocycles. The normalized spacial score (nSPS) is 8.30. The Balaban J connectivity index is 0.000000371. The number of hydrogen-bond donors (Lipinski definition) is 0. The Labute approximate surface area is 79.7 Å². The number of hydrogen-bond acceptors (Lipinski definition) is 1. The first-order chi connectivity index (χ1) is 4.93. The summed E-state index contributed by atoms with van der Waals surface area (Å²) in [6.45, 7) is 0.849. The maximum absolute atomic E-state index is 5.44. The zero-order valence-electron chi connectivity index (χ0n) is 5.80. The fourth-order valence-corrected chi connectivity index (χ4v) is 0.712. The molecule has 1 rings (SSSR count). The van der Waals surface area contributed by atoms with Gasteiger partial charge in [-0.1, -0.05) is 22.6 Å². The van der Waals surface area contributed by atoms with Gasteiger partial charge in [0.25, 0.3) is 0 Å². The van der Waals surface area contributed by atoms with Crippen LogP contribution in [0.5, 0.6) is 0 Å². The van der Waals surface area contributed by atoms with Crippen molar-refractivity contribution in [2.75, 3.05) is 10.8 Å². The zero-order valence-corrected chi connectivity index (χ0v) is 8.71. The van der Waals surface area contributed by atoms with Crippen molar-refractivity contribution in [3.63, 3.8) is 0 Å². The Kier molecular flexibility index (Phi) is 7.51. The molecule has 0 saturated heterocycles. The van der Waals surface area contributed by atoms with Crippen molar-refractivity contribution in [2.45, 2.75) is 6.54 Å². The van der Waals surface area contributed by atoms with Gasteiger partial charge in [-0.2, -0.15) is 0 Å². The molecule has 0 fully saturated rings. The fourth-order valence-electron chi connectivity index (χ4n) is 0.517. The lowest BCUT2D eigenvalue weighted by molar-refractivity contribution is 0.767. The van der Waals surface area contributed by atoms with Gasteiger partial charge < -0.3 is 4.57 Å². The Bertz CT molecular complexity index is 141. The third-order valence-corrected chi connectivity index (χ3v) is 1.07. The van der Waals surface area contributed by atoms with E-state index in [1.165, 1.54) is 0 Å². The van der Waals surface area contributed by atoms with Gasteiger partial charge in [-0.25, -0.2) is 4.98 Å². The highest BCUT2D eigenvalue weighted by Gasteiger charge is 1.83. The molecule has 0 bridgehead atoms. The maximum Gasteiger partial charge on any atom is 0.0946 e. The molecule has 0 radical (unpaired) electrons. The molecule has 0 amide bonds. The standard InChI is InChI=1S/C5H7ClN2.CH3I/c6-1-3-8-4-2-7-5-8;1-2/h2,4-5H,1,3H2;1H3. The van der Waals surface area contributed by atoms with Crippen LogP contribution >= 0.6 is 34.2 Å². The second-order valence-electron chi connectivity index (χ2n) is 1.49. The van der Waals surface area contributed by atoms with E-state index in [9.17, 15) is 0 Å². The van der Waals surface area contributed by atoms with E-state index in [0.29, 0.717) is 5.88 Å². The number of imidazole rings is 1. The SMILES string of the molecule is CI.ClCCn1ccnc1. The molecule has 0 N–H and O–H groups in total. The van der Waals surface area contributed by atoms with Crippen LogP contribution < -0.4 is 0 Å². The number of halogens is 2. The van der Waals surface area contributed by atoms with E-state index in [4.69, 9.17) is 11.6 Å².